The molecule has 2 aliphatic heterocycles. The van der Waals surface area contributed by atoms with Crippen LogP contribution < -0.4 is 5.73 Å². The number of fused-ring (bicyclic) bond motifs is 1. The number of hydrogen-bond donors (Lipinski definition) is 1. The van der Waals surface area contributed by atoms with Gasteiger partial charge in [0, 0.05) is 24.9 Å². The predicted octanol–water partition coefficient (Wildman–Crippen LogP) is -0.562. The predicted molar refractivity (Wildman–Crippen MR) is 48.0 cm³/mol. The summed E-state index contributed by atoms with van der Waals surface area (Å²) in [7, 11) is 0. The molecule has 4 heteroatoms. The molecule has 2 rings (SSSR count). The Morgan fingerprint density at radius 3 is 2.46 bits per heavy atom. The van der Waals surface area contributed by atoms with Crippen molar-refractivity contribution in [1.29, 1.82) is 0 Å². The van der Waals surface area contributed by atoms with Gasteiger partial charge >= 0.3 is 0 Å². The van der Waals surface area contributed by atoms with Gasteiger partial charge in [-0.3, -0.25) is 4.79 Å². The molecule has 0 bridgehead atoms. The van der Waals surface area contributed by atoms with Crippen LogP contribution in [-0.2, 0) is 9.53 Å². The number of amides is 1. The number of carbonyl (C=O) groups excluding carboxylic acids is 1. The second-order valence-electron chi connectivity index (χ2n) is 4.09. The zero-order chi connectivity index (χ0) is 9.42. The Hall–Kier alpha value is -0.610. The summed E-state index contributed by atoms with van der Waals surface area (Å²) in [4.78, 5) is 13.4. The number of nitrogens with zero attached hydrogens (tertiary/aromatic N) is 1. The van der Waals surface area contributed by atoms with Gasteiger partial charge in [0.1, 0.15) is 0 Å². The van der Waals surface area contributed by atoms with E-state index in [1.165, 1.54) is 0 Å². The molecule has 0 radical (unpaired) electrons. The van der Waals surface area contributed by atoms with Gasteiger partial charge in [-0.1, -0.05) is 0 Å². The van der Waals surface area contributed by atoms with Crippen molar-refractivity contribution in [3.63, 3.8) is 0 Å². The minimum absolute atomic E-state index is 0.0781. The molecular formula is C9H16N2O2. The maximum atomic E-state index is 11.5. The van der Waals surface area contributed by atoms with E-state index in [0.717, 1.165) is 26.3 Å². The number of hydrogen-bond acceptors (Lipinski definition) is 3. The van der Waals surface area contributed by atoms with Crippen LogP contribution in [-0.4, -0.2) is 43.2 Å². The molecule has 0 aromatic heterocycles. The molecule has 2 heterocycles. The molecule has 0 spiro atoms. The molecule has 0 aliphatic carbocycles. The maximum absolute atomic E-state index is 11.5. The fourth-order valence-electron chi connectivity index (χ4n) is 2.16. The zero-order valence-corrected chi connectivity index (χ0v) is 7.90. The van der Waals surface area contributed by atoms with Gasteiger partial charge in [0.05, 0.1) is 19.3 Å². The van der Waals surface area contributed by atoms with Crippen LogP contribution in [0.1, 0.15) is 6.92 Å². The maximum Gasteiger partial charge on any atom is 0.239 e. The second kappa shape index (κ2) is 3.27. The molecule has 0 unspecified atom stereocenters. The molecule has 74 valence electrons. The van der Waals surface area contributed by atoms with E-state index in [2.05, 4.69) is 0 Å². The Balaban J connectivity index is 1.95. The summed E-state index contributed by atoms with van der Waals surface area (Å²) >= 11 is 0. The lowest BCUT2D eigenvalue weighted by atomic mass is 10.0. The fourth-order valence-corrected chi connectivity index (χ4v) is 2.16. The number of likely N-dealkylation sites (tertiary alicyclic amines) is 1. The summed E-state index contributed by atoms with van der Waals surface area (Å²) < 4.78 is 5.33. The Bertz CT molecular complexity index is 206. The number of rotatable bonds is 1. The first-order valence-electron chi connectivity index (χ1n) is 4.80. The molecule has 3 atom stereocenters. The summed E-state index contributed by atoms with van der Waals surface area (Å²) in [5.41, 5.74) is 5.54. The SMILES string of the molecule is C[C@H](N)C(=O)N1C[C@H]2COC[C@H]2C1. The van der Waals surface area contributed by atoms with Crippen molar-refractivity contribution < 1.29 is 9.53 Å². The first kappa shape index (κ1) is 8.97. The number of nitrogens with two attached hydrogens (primary N) is 1. The molecule has 4 nitrogen and oxygen atoms in total. The van der Waals surface area contributed by atoms with Gasteiger partial charge in [0.15, 0.2) is 0 Å². The summed E-state index contributed by atoms with van der Waals surface area (Å²) in [6, 6.07) is -0.361. The third-order valence-electron chi connectivity index (χ3n) is 2.94. The van der Waals surface area contributed by atoms with Crippen LogP contribution in [0.2, 0.25) is 0 Å². The highest BCUT2D eigenvalue weighted by Crippen LogP contribution is 2.29. The first-order valence-corrected chi connectivity index (χ1v) is 4.80. The van der Waals surface area contributed by atoms with Crippen LogP contribution >= 0.6 is 0 Å². The van der Waals surface area contributed by atoms with E-state index in [1.807, 2.05) is 4.90 Å². The third-order valence-corrected chi connectivity index (χ3v) is 2.94. The third kappa shape index (κ3) is 1.56. The lowest BCUT2D eigenvalue weighted by Crippen LogP contribution is -2.41. The summed E-state index contributed by atoms with van der Waals surface area (Å²) in [5.74, 6) is 1.19. The van der Waals surface area contributed by atoms with E-state index >= 15 is 0 Å². The number of ether oxygens (including phenoxy) is 1. The van der Waals surface area contributed by atoms with E-state index < -0.39 is 0 Å². The molecule has 0 aromatic carbocycles. The average Bonchev–Trinajstić information content (AvgIpc) is 2.59. The fraction of sp³-hybridized carbons (Fsp3) is 0.889. The van der Waals surface area contributed by atoms with Gasteiger partial charge in [-0.25, -0.2) is 0 Å². The first-order chi connectivity index (χ1) is 6.18. The highest BCUT2D eigenvalue weighted by atomic mass is 16.5. The Labute approximate surface area is 78.0 Å². The largest absolute Gasteiger partial charge is 0.381 e. The quantitative estimate of drug-likeness (QED) is 0.594. The topological polar surface area (TPSA) is 55.6 Å². The lowest BCUT2D eigenvalue weighted by molar-refractivity contribution is -0.131. The Kier molecular flexibility index (Phi) is 2.26. The van der Waals surface area contributed by atoms with Crippen LogP contribution in [0.15, 0.2) is 0 Å². The summed E-state index contributed by atoms with van der Waals surface area (Å²) in [5, 5.41) is 0. The van der Waals surface area contributed by atoms with Crippen molar-refractivity contribution in [3.8, 4) is 0 Å². The van der Waals surface area contributed by atoms with Gasteiger partial charge in [0.2, 0.25) is 5.91 Å². The molecule has 0 aromatic rings. The van der Waals surface area contributed by atoms with E-state index in [0.29, 0.717) is 11.8 Å². The van der Waals surface area contributed by atoms with Crippen molar-refractivity contribution in [2.75, 3.05) is 26.3 Å². The van der Waals surface area contributed by atoms with E-state index in [4.69, 9.17) is 10.5 Å². The number of carbonyl (C=O) groups is 1. The molecule has 0 saturated carbocycles. The standard InChI is InChI=1S/C9H16N2O2/c1-6(10)9(12)11-2-7-4-13-5-8(7)3-11/h6-8H,2-5,10H2,1H3/t6-,7-,8+/m0/s1. The van der Waals surface area contributed by atoms with Gasteiger partial charge < -0.3 is 15.4 Å². The van der Waals surface area contributed by atoms with Gasteiger partial charge in [0.25, 0.3) is 0 Å². The lowest BCUT2D eigenvalue weighted by Gasteiger charge is -2.19. The van der Waals surface area contributed by atoms with Crippen LogP contribution in [0.4, 0.5) is 0 Å². The van der Waals surface area contributed by atoms with Crippen molar-refractivity contribution >= 4 is 5.91 Å². The summed E-state index contributed by atoms with van der Waals surface area (Å²) in [6.07, 6.45) is 0. The van der Waals surface area contributed by atoms with Crippen molar-refractivity contribution in [1.82, 2.24) is 4.90 Å². The Morgan fingerprint density at radius 2 is 2.00 bits per heavy atom. The van der Waals surface area contributed by atoms with Gasteiger partial charge in [-0.05, 0) is 6.92 Å². The van der Waals surface area contributed by atoms with E-state index in [1.54, 1.807) is 6.92 Å². The highest BCUT2D eigenvalue weighted by molar-refractivity contribution is 5.81. The van der Waals surface area contributed by atoms with E-state index in [9.17, 15) is 4.79 Å². The van der Waals surface area contributed by atoms with Crippen LogP contribution in [0.3, 0.4) is 0 Å². The van der Waals surface area contributed by atoms with Crippen molar-refractivity contribution in [3.05, 3.63) is 0 Å². The van der Waals surface area contributed by atoms with E-state index in [-0.39, 0.29) is 11.9 Å². The minimum atomic E-state index is -0.361. The van der Waals surface area contributed by atoms with Crippen LogP contribution in [0, 0.1) is 11.8 Å². The molecule has 2 fully saturated rings. The normalized spacial score (nSPS) is 34.8. The Morgan fingerprint density at radius 1 is 1.46 bits per heavy atom. The monoisotopic (exact) mass is 184 g/mol. The molecule has 13 heavy (non-hydrogen) atoms. The molecule has 2 N–H and O–H groups in total. The smallest absolute Gasteiger partial charge is 0.239 e. The second-order valence-corrected chi connectivity index (χ2v) is 4.09. The van der Waals surface area contributed by atoms with Crippen molar-refractivity contribution in [2.24, 2.45) is 17.6 Å². The van der Waals surface area contributed by atoms with Gasteiger partial charge in [-0.2, -0.15) is 0 Å². The molecular weight excluding hydrogens is 168 g/mol. The van der Waals surface area contributed by atoms with Crippen molar-refractivity contribution in [2.45, 2.75) is 13.0 Å². The molecule has 1 amide bonds. The minimum Gasteiger partial charge on any atom is -0.381 e. The zero-order valence-electron chi connectivity index (χ0n) is 7.90. The average molecular weight is 184 g/mol. The van der Waals surface area contributed by atoms with Gasteiger partial charge in [-0.15, -0.1) is 0 Å². The summed E-state index contributed by atoms with van der Waals surface area (Å²) in [6.45, 7) is 5.05. The molecule has 2 saturated heterocycles. The van der Waals surface area contributed by atoms with Crippen LogP contribution in [0.5, 0.6) is 0 Å². The molecule has 2 aliphatic rings. The highest BCUT2D eigenvalue weighted by Gasteiger charge is 2.39. The van der Waals surface area contributed by atoms with Crippen LogP contribution in [0.25, 0.3) is 0 Å².